The van der Waals surface area contributed by atoms with E-state index >= 15 is 0 Å². The Bertz CT molecular complexity index is 694. The molecular formula is C17H20N4O2S. The average Bonchev–Trinajstić information content (AvgIpc) is 3.30. The number of nitrogens with one attached hydrogen (secondary N) is 1. The summed E-state index contributed by atoms with van der Waals surface area (Å²) in [5, 5.41) is 14.9. The van der Waals surface area contributed by atoms with E-state index in [9.17, 15) is 4.79 Å². The Labute approximate surface area is 144 Å². The van der Waals surface area contributed by atoms with Gasteiger partial charge in [-0.2, -0.15) is 21.5 Å². The van der Waals surface area contributed by atoms with E-state index in [-0.39, 0.29) is 11.3 Å². The second kappa shape index (κ2) is 6.58. The van der Waals surface area contributed by atoms with E-state index in [1.807, 2.05) is 0 Å². The number of likely N-dealkylation sites (tertiary alicyclic amines) is 1. The highest BCUT2D eigenvalue weighted by Gasteiger charge is 2.50. The molecule has 0 bridgehead atoms. The molecule has 1 amide bonds. The highest BCUT2D eigenvalue weighted by Crippen LogP contribution is 2.41. The van der Waals surface area contributed by atoms with Gasteiger partial charge in [0.15, 0.2) is 0 Å². The first-order valence-electron chi connectivity index (χ1n) is 8.11. The van der Waals surface area contributed by atoms with Crippen molar-refractivity contribution in [1.29, 1.82) is 0 Å². The van der Waals surface area contributed by atoms with Crippen LogP contribution in [0.2, 0.25) is 0 Å². The van der Waals surface area contributed by atoms with E-state index < -0.39 is 0 Å². The third-order valence-electron chi connectivity index (χ3n) is 5.03. The Morgan fingerprint density at radius 3 is 3.21 bits per heavy atom. The number of rotatable bonds is 5. The van der Waals surface area contributed by atoms with Crippen LogP contribution in [-0.2, 0) is 11.3 Å². The third kappa shape index (κ3) is 3.07. The smallest absolute Gasteiger partial charge is 0.252 e. The van der Waals surface area contributed by atoms with Crippen LogP contribution < -0.4 is 5.32 Å². The van der Waals surface area contributed by atoms with Gasteiger partial charge >= 0.3 is 0 Å². The summed E-state index contributed by atoms with van der Waals surface area (Å²) >= 11 is 1.74. The van der Waals surface area contributed by atoms with Crippen LogP contribution in [0, 0.1) is 11.3 Å². The number of ether oxygens (including phenoxy) is 1. The Kier molecular flexibility index (Phi) is 4.30. The van der Waals surface area contributed by atoms with Gasteiger partial charge in [0.2, 0.25) is 0 Å². The molecule has 2 aromatic heterocycles. The van der Waals surface area contributed by atoms with Crippen molar-refractivity contribution in [3.8, 4) is 0 Å². The maximum Gasteiger partial charge on any atom is 0.252 e. The predicted molar refractivity (Wildman–Crippen MR) is 90.7 cm³/mol. The van der Waals surface area contributed by atoms with Crippen LogP contribution in [0.15, 0.2) is 35.3 Å². The van der Waals surface area contributed by atoms with Crippen LogP contribution in [-0.4, -0.2) is 53.9 Å². The molecule has 7 heteroatoms. The number of carbonyl (C=O) groups is 1. The van der Waals surface area contributed by atoms with Crippen molar-refractivity contribution in [1.82, 2.24) is 20.4 Å². The third-order valence-corrected chi connectivity index (χ3v) is 5.76. The first kappa shape index (κ1) is 15.7. The lowest BCUT2D eigenvalue weighted by molar-refractivity contribution is 0.0903. The summed E-state index contributed by atoms with van der Waals surface area (Å²) in [6, 6.07) is 3.86. The van der Waals surface area contributed by atoms with Crippen molar-refractivity contribution >= 4 is 17.2 Å². The van der Waals surface area contributed by atoms with Gasteiger partial charge in [-0.05, 0) is 28.5 Å². The minimum atomic E-state index is -0.0961. The lowest BCUT2D eigenvalue weighted by atomic mass is 9.81. The monoisotopic (exact) mass is 344 g/mol. The molecule has 2 fully saturated rings. The van der Waals surface area contributed by atoms with E-state index in [0.717, 1.165) is 26.2 Å². The fourth-order valence-corrected chi connectivity index (χ4v) is 4.40. The number of amides is 1. The van der Waals surface area contributed by atoms with Crippen molar-refractivity contribution in [2.24, 2.45) is 11.3 Å². The zero-order valence-electron chi connectivity index (χ0n) is 13.4. The average molecular weight is 344 g/mol. The van der Waals surface area contributed by atoms with Crippen molar-refractivity contribution in [2.45, 2.75) is 6.54 Å². The summed E-state index contributed by atoms with van der Waals surface area (Å²) in [5.41, 5.74) is 1.93. The molecular weight excluding hydrogens is 324 g/mol. The Hall–Kier alpha value is -1.83. The minimum Gasteiger partial charge on any atom is -0.380 e. The maximum absolute atomic E-state index is 12.3. The van der Waals surface area contributed by atoms with E-state index in [0.29, 0.717) is 24.6 Å². The Morgan fingerprint density at radius 1 is 1.46 bits per heavy atom. The predicted octanol–water partition coefficient (Wildman–Crippen LogP) is 1.42. The van der Waals surface area contributed by atoms with Crippen LogP contribution in [0.25, 0.3) is 0 Å². The lowest BCUT2D eigenvalue weighted by Gasteiger charge is -2.27. The van der Waals surface area contributed by atoms with E-state index in [2.05, 4.69) is 37.2 Å². The number of carbonyl (C=O) groups excluding carboxylic acids is 1. The first-order chi connectivity index (χ1) is 11.8. The summed E-state index contributed by atoms with van der Waals surface area (Å²) in [6.45, 7) is 5.10. The fraction of sp³-hybridized carbons (Fsp3) is 0.471. The van der Waals surface area contributed by atoms with Gasteiger partial charge < -0.3 is 10.1 Å². The van der Waals surface area contributed by atoms with Gasteiger partial charge in [0.1, 0.15) is 0 Å². The Balaban J connectivity index is 1.40. The summed E-state index contributed by atoms with van der Waals surface area (Å²) in [4.78, 5) is 14.8. The summed E-state index contributed by atoms with van der Waals surface area (Å²) in [6.07, 6.45) is 3.03. The molecule has 126 valence electrons. The number of aromatic nitrogens is 2. The molecule has 2 aromatic rings. The van der Waals surface area contributed by atoms with Crippen LogP contribution >= 0.6 is 11.3 Å². The van der Waals surface area contributed by atoms with Gasteiger partial charge in [-0.3, -0.25) is 9.69 Å². The maximum atomic E-state index is 12.3. The summed E-state index contributed by atoms with van der Waals surface area (Å²) < 4.78 is 5.74. The lowest BCUT2D eigenvalue weighted by Crippen LogP contribution is -2.43. The van der Waals surface area contributed by atoms with Gasteiger partial charge in [-0.15, -0.1) is 0 Å². The molecule has 0 radical (unpaired) electrons. The van der Waals surface area contributed by atoms with Gasteiger partial charge in [0.05, 0.1) is 31.2 Å². The van der Waals surface area contributed by atoms with E-state index in [1.54, 1.807) is 17.4 Å². The normalized spacial score (nSPS) is 26.4. The van der Waals surface area contributed by atoms with E-state index in [1.165, 1.54) is 18.0 Å². The molecule has 0 unspecified atom stereocenters. The topological polar surface area (TPSA) is 67.3 Å². The van der Waals surface area contributed by atoms with Crippen molar-refractivity contribution in [3.05, 3.63) is 46.4 Å². The van der Waals surface area contributed by atoms with E-state index in [4.69, 9.17) is 4.74 Å². The van der Waals surface area contributed by atoms with Crippen LogP contribution in [0.3, 0.4) is 0 Å². The molecule has 0 spiro atoms. The highest BCUT2D eigenvalue weighted by atomic mass is 32.1. The second-order valence-corrected chi connectivity index (χ2v) is 7.47. The van der Waals surface area contributed by atoms with Crippen LogP contribution in [0.1, 0.15) is 15.9 Å². The molecule has 0 aromatic carbocycles. The van der Waals surface area contributed by atoms with Crippen molar-refractivity contribution in [3.63, 3.8) is 0 Å². The molecule has 1 N–H and O–H groups in total. The second-order valence-electron chi connectivity index (χ2n) is 6.69. The van der Waals surface area contributed by atoms with Gasteiger partial charge in [0, 0.05) is 37.5 Å². The molecule has 4 heterocycles. The summed E-state index contributed by atoms with van der Waals surface area (Å²) in [5.74, 6) is 0.383. The van der Waals surface area contributed by atoms with Crippen molar-refractivity contribution in [2.75, 3.05) is 32.8 Å². The number of thiophene rings is 1. The molecule has 2 saturated heterocycles. The number of hydrogen-bond acceptors (Lipinski definition) is 6. The first-order valence-corrected chi connectivity index (χ1v) is 9.06. The van der Waals surface area contributed by atoms with Gasteiger partial charge in [-0.25, -0.2) is 0 Å². The molecule has 6 nitrogen and oxygen atoms in total. The van der Waals surface area contributed by atoms with Gasteiger partial charge in [-0.1, -0.05) is 0 Å². The number of fused-ring (bicyclic) bond motifs is 1. The SMILES string of the molecule is O=C(NC[C@]12COC[C@H]1CN(Cc1ccsc1)C2)c1ccnnc1. The fourth-order valence-electron chi connectivity index (χ4n) is 3.74. The molecule has 2 aliphatic heterocycles. The van der Waals surface area contributed by atoms with Gasteiger partial charge in [0.25, 0.3) is 5.91 Å². The van der Waals surface area contributed by atoms with Crippen molar-refractivity contribution < 1.29 is 9.53 Å². The standard InChI is InChI=1S/C17H20N4O2S/c22-16(14-1-3-19-20-5-14)18-10-17-11-21(6-13-2-4-24-9-13)7-15(17)8-23-12-17/h1-5,9,15H,6-8,10-12H2,(H,18,22)/t15-,17+/m1/s1. The zero-order valence-corrected chi connectivity index (χ0v) is 14.2. The van der Waals surface area contributed by atoms with Crippen LogP contribution in [0.4, 0.5) is 0 Å². The minimum absolute atomic E-state index is 0.0200. The molecule has 24 heavy (non-hydrogen) atoms. The summed E-state index contributed by atoms with van der Waals surface area (Å²) in [7, 11) is 0. The molecule has 4 rings (SSSR count). The highest BCUT2D eigenvalue weighted by molar-refractivity contribution is 7.07. The molecule has 0 aliphatic carbocycles. The molecule has 0 saturated carbocycles. The number of hydrogen-bond donors (Lipinski definition) is 1. The quantitative estimate of drug-likeness (QED) is 0.888. The number of nitrogens with zero attached hydrogens (tertiary/aromatic N) is 3. The molecule has 2 atom stereocenters. The molecule has 2 aliphatic rings. The largest absolute Gasteiger partial charge is 0.380 e. The zero-order chi connectivity index (χ0) is 16.4. The Morgan fingerprint density at radius 2 is 2.42 bits per heavy atom. The van der Waals surface area contributed by atoms with Crippen LogP contribution in [0.5, 0.6) is 0 Å².